The highest BCUT2D eigenvalue weighted by molar-refractivity contribution is 5.85. The zero-order valence-electron chi connectivity index (χ0n) is 6.96. The van der Waals surface area contributed by atoms with Crippen molar-refractivity contribution in [2.45, 2.75) is 19.5 Å². The van der Waals surface area contributed by atoms with Gasteiger partial charge in [0.1, 0.15) is 5.66 Å². The van der Waals surface area contributed by atoms with Crippen LogP contribution in [-0.2, 0) is 0 Å². The molecule has 0 aromatic carbocycles. The van der Waals surface area contributed by atoms with Crippen LogP contribution in [0, 0.1) is 0 Å². The summed E-state index contributed by atoms with van der Waals surface area (Å²) in [5.74, 6) is 0. The molecule has 0 amide bonds. The smallest absolute Gasteiger partial charge is 0.104 e. The zero-order chi connectivity index (χ0) is 7.49. The van der Waals surface area contributed by atoms with Gasteiger partial charge >= 0.3 is 0 Å². The lowest BCUT2D eigenvalue weighted by molar-refractivity contribution is 0.533. The first-order valence-corrected chi connectivity index (χ1v) is 2.92. The topological polar surface area (TPSA) is 41.6 Å². The molecule has 0 saturated carbocycles. The normalized spacial score (nSPS) is 11.3. The molecule has 4 heteroatoms. The molecule has 0 rings (SSSR count). The molecule has 0 heterocycles. The molecule has 3 nitrogen and oxygen atoms in total. The van der Waals surface area contributed by atoms with Crippen molar-refractivity contribution < 1.29 is 0 Å². The Bertz CT molecular complexity index is 104. The first kappa shape index (κ1) is 12.4. The minimum absolute atomic E-state index is 0. The second-order valence-corrected chi connectivity index (χ2v) is 2.86. The molecule has 0 aliphatic heterocycles. The van der Waals surface area contributed by atoms with Crippen LogP contribution in [0.4, 0.5) is 0 Å². The van der Waals surface area contributed by atoms with Crippen molar-refractivity contribution in [2.24, 2.45) is 10.7 Å². The average molecular weight is 166 g/mol. The SMILES string of the molecule is CN(C)/C=N/C(C)(C)N.Cl. The summed E-state index contributed by atoms with van der Waals surface area (Å²) in [6.45, 7) is 3.71. The van der Waals surface area contributed by atoms with Gasteiger partial charge in [-0.05, 0) is 13.8 Å². The Labute approximate surface area is 68.7 Å². The van der Waals surface area contributed by atoms with Gasteiger partial charge in [-0.15, -0.1) is 12.4 Å². The Balaban J connectivity index is 0. The maximum absolute atomic E-state index is 5.56. The fraction of sp³-hybridized carbons (Fsp3) is 0.833. The number of rotatable bonds is 2. The van der Waals surface area contributed by atoms with Gasteiger partial charge in [-0.25, -0.2) is 0 Å². The molecule has 62 valence electrons. The molecule has 0 aliphatic carbocycles. The van der Waals surface area contributed by atoms with Gasteiger partial charge in [-0.1, -0.05) is 0 Å². The van der Waals surface area contributed by atoms with Gasteiger partial charge in [-0.3, -0.25) is 4.99 Å². The van der Waals surface area contributed by atoms with E-state index < -0.39 is 5.66 Å². The fourth-order valence-corrected chi connectivity index (χ4v) is 0.264. The fourth-order valence-electron chi connectivity index (χ4n) is 0.264. The summed E-state index contributed by atoms with van der Waals surface area (Å²) in [7, 11) is 3.82. The van der Waals surface area contributed by atoms with Crippen molar-refractivity contribution in [2.75, 3.05) is 14.1 Å². The van der Waals surface area contributed by atoms with Crippen molar-refractivity contribution in [1.82, 2.24) is 4.90 Å². The van der Waals surface area contributed by atoms with Crippen molar-refractivity contribution in [3.05, 3.63) is 0 Å². The Morgan fingerprint density at radius 1 is 1.40 bits per heavy atom. The summed E-state index contributed by atoms with van der Waals surface area (Å²) in [4.78, 5) is 5.89. The Hall–Kier alpha value is -0.280. The zero-order valence-corrected chi connectivity index (χ0v) is 7.77. The van der Waals surface area contributed by atoms with Crippen LogP contribution in [0.3, 0.4) is 0 Å². The van der Waals surface area contributed by atoms with Gasteiger partial charge in [-0.2, -0.15) is 0 Å². The molecule has 0 saturated heterocycles. The summed E-state index contributed by atoms with van der Waals surface area (Å²) in [6, 6.07) is 0. The summed E-state index contributed by atoms with van der Waals surface area (Å²) >= 11 is 0. The van der Waals surface area contributed by atoms with E-state index in [1.54, 1.807) is 6.34 Å². The number of halogens is 1. The van der Waals surface area contributed by atoms with Crippen molar-refractivity contribution in [1.29, 1.82) is 0 Å². The molecular formula is C6H16ClN3. The highest BCUT2D eigenvalue weighted by atomic mass is 35.5. The number of nitrogens with two attached hydrogens (primary N) is 1. The van der Waals surface area contributed by atoms with E-state index in [0.29, 0.717) is 0 Å². The van der Waals surface area contributed by atoms with Crippen LogP contribution in [-0.4, -0.2) is 31.0 Å². The van der Waals surface area contributed by atoms with E-state index in [-0.39, 0.29) is 12.4 Å². The van der Waals surface area contributed by atoms with Crippen LogP contribution in [0.1, 0.15) is 13.8 Å². The number of aliphatic imine (C=N–C) groups is 1. The van der Waals surface area contributed by atoms with E-state index in [4.69, 9.17) is 5.73 Å². The molecule has 0 atom stereocenters. The standard InChI is InChI=1S/C6H15N3.ClH/c1-6(2,7)8-5-9(3)4;/h5H,7H2,1-4H3;1H/b8-5+;. The van der Waals surface area contributed by atoms with Crippen LogP contribution in [0.5, 0.6) is 0 Å². The maximum atomic E-state index is 5.56. The molecule has 0 aliphatic rings. The predicted molar refractivity (Wildman–Crippen MR) is 47.7 cm³/mol. The third-order valence-electron chi connectivity index (χ3n) is 0.621. The van der Waals surface area contributed by atoms with Crippen molar-refractivity contribution >= 4 is 18.7 Å². The summed E-state index contributed by atoms with van der Waals surface area (Å²) in [5.41, 5.74) is 5.12. The molecular weight excluding hydrogens is 150 g/mol. The third kappa shape index (κ3) is 10.7. The lowest BCUT2D eigenvalue weighted by Gasteiger charge is -2.13. The van der Waals surface area contributed by atoms with E-state index in [0.717, 1.165) is 0 Å². The van der Waals surface area contributed by atoms with Crippen molar-refractivity contribution in [3.8, 4) is 0 Å². The molecule has 0 aromatic rings. The van der Waals surface area contributed by atoms with Crippen LogP contribution >= 0.6 is 12.4 Å². The van der Waals surface area contributed by atoms with Gasteiger partial charge in [0, 0.05) is 14.1 Å². The van der Waals surface area contributed by atoms with E-state index in [2.05, 4.69) is 4.99 Å². The number of nitrogens with zero attached hydrogens (tertiary/aromatic N) is 2. The van der Waals surface area contributed by atoms with Crippen LogP contribution in [0.2, 0.25) is 0 Å². The Kier molecular flexibility index (Phi) is 5.61. The van der Waals surface area contributed by atoms with Crippen LogP contribution in [0.15, 0.2) is 4.99 Å². The van der Waals surface area contributed by atoms with Gasteiger partial charge in [0.2, 0.25) is 0 Å². The molecule has 2 N–H and O–H groups in total. The average Bonchev–Trinajstić information content (AvgIpc) is 1.59. The largest absolute Gasteiger partial charge is 0.369 e. The summed E-state index contributed by atoms with van der Waals surface area (Å²) in [5, 5.41) is 0. The number of hydrogen-bond donors (Lipinski definition) is 1. The molecule has 0 unspecified atom stereocenters. The molecule has 0 fully saturated rings. The summed E-state index contributed by atoms with van der Waals surface area (Å²) in [6.07, 6.45) is 1.71. The molecule has 0 aromatic heterocycles. The lowest BCUT2D eigenvalue weighted by atomic mass is 10.3. The lowest BCUT2D eigenvalue weighted by Crippen LogP contribution is -2.30. The van der Waals surface area contributed by atoms with Gasteiger partial charge in [0.25, 0.3) is 0 Å². The number of hydrogen-bond acceptors (Lipinski definition) is 2. The highest BCUT2D eigenvalue weighted by Gasteiger charge is 2.04. The second-order valence-electron chi connectivity index (χ2n) is 2.86. The third-order valence-corrected chi connectivity index (χ3v) is 0.621. The first-order chi connectivity index (χ1) is 3.92. The minimum atomic E-state index is -0.440. The van der Waals surface area contributed by atoms with E-state index in [9.17, 15) is 0 Å². The molecule has 0 spiro atoms. The maximum Gasteiger partial charge on any atom is 0.104 e. The van der Waals surface area contributed by atoms with E-state index in [1.807, 2.05) is 32.8 Å². The highest BCUT2D eigenvalue weighted by Crippen LogP contribution is 1.95. The van der Waals surface area contributed by atoms with E-state index >= 15 is 0 Å². The minimum Gasteiger partial charge on any atom is -0.369 e. The Morgan fingerprint density at radius 2 is 1.80 bits per heavy atom. The monoisotopic (exact) mass is 165 g/mol. The second kappa shape index (κ2) is 4.52. The molecule has 10 heavy (non-hydrogen) atoms. The Morgan fingerprint density at radius 3 is 1.90 bits per heavy atom. The first-order valence-electron chi connectivity index (χ1n) is 2.92. The predicted octanol–water partition coefficient (Wildman–Crippen LogP) is 0.693. The van der Waals surface area contributed by atoms with Crippen molar-refractivity contribution in [3.63, 3.8) is 0 Å². The summed E-state index contributed by atoms with van der Waals surface area (Å²) < 4.78 is 0. The quantitative estimate of drug-likeness (QED) is 0.484. The van der Waals surface area contributed by atoms with Gasteiger partial charge in [0.05, 0.1) is 6.34 Å². The van der Waals surface area contributed by atoms with Gasteiger partial charge in [0.15, 0.2) is 0 Å². The van der Waals surface area contributed by atoms with E-state index in [1.165, 1.54) is 0 Å². The van der Waals surface area contributed by atoms with Gasteiger partial charge < -0.3 is 10.6 Å². The van der Waals surface area contributed by atoms with Crippen LogP contribution < -0.4 is 5.73 Å². The molecule has 0 radical (unpaired) electrons. The van der Waals surface area contributed by atoms with Crippen LogP contribution in [0.25, 0.3) is 0 Å². The molecule has 0 bridgehead atoms.